The number of amides is 3. The van der Waals surface area contributed by atoms with Crippen molar-refractivity contribution < 1.29 is 65.5 Å². The van der Waals surface area contributed by atoms with Crippen LogP contribution in [0, 0.1) is 0 Å². The fraction of sp³-hybridized carbons (Fsp3) is 0.905. The monoisotopic (exact) mass is 757 g/mol. The Morgan fingerprint density at radius 1 is 1.18 bits per heavy atom. The van der Waals surface area contributed by atoms with E-state index in [1.54, 1.807) is 6.92 Å². The minimum Gasteiger partial charge on any atom is -0.377 e. The van der Waals surface area contributed by atoms with E-state index in [0.717, 1.165) is 25.0 Å². The van der Waals surface area contributed by atoms with Crippen molar-refractivity contribution in [2.45, 2.75) is 92.7 Å². The van der Waals surface area contributed by atoms with E-state index in [0.29, 0.717) is 18.2 Å². The van der Waals surface area contributed by atoms with Crippen LogP contribution in [0.3, 0.4) is 0 Å². The van der Waals surface area contributed by atoms with Gasteiger partial charge in [0, 0.05) is 34.2 Å². The standard InChI is InChI=1S/C21H39BN3O14P3S3/c1-20(2,11-23-17(26)7-5-4-6-16-18-13(10-43-16)24-19(27)25-18)45-44-12-35-14-8-21(3,22)37-15(14)9-36-41(31,32)39-42(33,34)38-40(28,29)30/h13-16,18H,4-12H2,1-3H3,(H,23,26)(H,31,32)(H,33,34)(H2,24,25,27)(H2,28,29,30)/t13?,14?,15-,16?,18?,21+/m1/s1. The number of rotatable bonds is 19. The van der Waals surface area contributed by atoms with E-state index < -0.39 is 47.8 Å². The highest BCUT2D eigenvalue weighted by atomic mass is 33.1. The third-order valence-corrected chi connectivity index (χ3v) is 14.9. The average molecular weight is 757 g/mol. The number of urea groups is 1. The molecule has 8 atom stereocenters. The van der Waals surface area contributed by atoms with Gasteiger partial charge in [0.25, 0.3) is 0 Å². The van der Waals surface area contributed by atoms with Gasteiger partial charge in [-0.05, 0) is 40.0 Å². The largest absolute Gasteiger partial charge is 0.490 e. The second-order valence-corrected chi connectivity index (χ2v) is 20.1. The van der Waals surface area contributed by atoms with Gasteiger partial charge >= 0.3 is 29.5 Å². The second kappa shape index (κ2) is 16.3. The Morgan fingerprint density at radius 2 is 1.89 bits per heavy atom. The van der Waals surface area contributed by atoms with Crippen molar-refractivity contribution in [2.75, 3.05) is 24.8 Å². The molecule has 3 amide bonds. The summed E-state index contributed by atoms with van der Waals surface area (Å²) in [7, 11) is -7.63. The van der Waals surface area contributed by atoms with Crippen LogP contribution < -0.4 is 16.0 Å². The molecule has 3 aliphatic rings. The van der Waals surface area contributed by atoms with Crippen LogP contribution in [0.25, 0.3) is 0 Å². The number of phosphoric ester groups is 1. The number of ether oxygens (including phenoxy) is 2. The molecule has 258 valence electrons. The number of hydrogen-bond acceptors (Lipinski definition) is 13. The van der Waals surface area contributed by atoms with E-state index in [1.165, 1.54) is 21.6 Å². The van der Waals surface area contributed by atoms with Gasteiger partial charge in [0.05, 0.1) is 24.8 Å². The first kappa shape index (κ1) is 39.6. The molecule has 7 N–H and O–H groups in total. The van der Waals surface area contributed by atoms with Crippen molar-refractivity contribution in [3.63, 3.8) is 0 Å². The minimum atomic E-state index is -5.65. The molecule has 0 saturated carbocycles. The molecule has 0 bridgehead atoms. The van der Waals surface area contributed by atoms with Crippen LogP contribution in [0.4, 0.5) is 4.79 Å². The van der Waals surface area contributed by atoms with Crippen LogP contribution in [-0.4, -0.2) is 104 Å². The number of hydrogen-bond donors (Lipinski definition) is 7. The van der Waals surface area contributed by atoms with Crippen LogP contribution in [0.1, 0.15) is 52.9 Å². The first-order valence-electron chi connectivity index (χ1n) is 13.8. The molecule has 6 unspecified atom stereocenters. The van der Waals surface area contributed by atoms with Gasteiger partial charge in [-0.3, -0.25) is 9.32 Å². The fourth-order valence-corrected chi connectivity index (χ4v) is 11.5. The zero-order valence-corrected chi connectivity index (χ0v) is 29.9. The van der Waals surface area contributed by atoms with Gasteiger partial charge in [0.2, 0.25) is 5.91 Å². The molecule has 2 radical (unpaired) electrons. The smallest absolute Gasteiger partial charge is 0.377 e. The fourth-order valence-electron chi connectivity index (χ4n) is 4.78. The van der Waals surface area contributed by atoms with E-state index in [2.05, 4.69) is 29.1 Å². The highest BCUT2D eigenvalue weighted by Crippen LogP contribution is 2.66. The van der Waals surface area contributed by atoms with E-state index in [9.17, 15) is 33.1 Å². The molecular weight excluding hydrogens is 718 g/mol. The van der Waals surface area contributed by atoms with Crippen molar-refractivity contribution in [2.24, 2.45) is 0 Å². The molecule has 0 aromatic rings. The number of carbonyl (C=O) groups is 2. The molecule has 3 heterocycles. The van der Waals surface area contributed by atoms with E-state index in [1.807, 2.05) is 25.6 Å². The van der Waals surface area contributed by atoms with Crippen LogP contribution >= 0.6 is 56.8 Å². The highest BCUT2D eigenvalue weighted by molar-refractivity contribution is 8.77. The van der Waals surface area contributed by atoms with Gasteiger partial charge < -0.3 is 45.0 Å². The number of unbranched alkanes of at least 4 members (excludes halogenated alkanes) is 1. The summed E-state index contributed by atoms with van der Waals surface area (Å²) in [6.45, 7) is 5.22. The molecular formula is C21H39BN3O14P3S3. The quantitative estimate of drug-likeness (QED) is 0.0249. The number of phosphoric acid groups is 3. The first-order valence-corrected chi connectivity index (χ1v) is 21.7. The molecule has 3 fully saturated rings. The maximum atomic E-state index is 12.4. The summed E-state index contributed by atoms with van der Waals surface area (Å²) in [5.74, 6) is 1.01. The Morgan fingerprint density at radius 3 is 2.58 bits per heavy atom. The van der Waals surface area contributed by atoms with Crippen molar-refractivity contribution in [1.29, 1.82) is 0 Å². The predicted octanol–water partition coefficient (Wildman–Crippen LogP) is 2.35. The van der Waals surface area contributed by atoms with Gasteiger partial charge in [-0.25, -0.2) is 18.5 Å². The van der Waals surface area contributed by atoms with Gasteiger partial charge in [-0.15, -0.1) is 0 Å². The lowest BCUT2D eigenvalue weighted by Crippen LogP contribution is -2.37. The first-order chi connectivity index (χ1) is 20.6. The maximum Gasteiger partial charge on any atom is 0.490 e. The molecule has 0 aromatic carbocycles. The summed E-state index contributed by atoms with van der Waals surface area (Å²) in [6, 6.07) is 0.234. The summed E-state index contributed by atoms with van der Waals surface area (Å²) in [5, 5.41) is 9.22. The Bertz CT molecular complexity index is 1200. The summed E-state index contributed by atoms with van der Waals surface area (Å²) in [5.41, 5.74) is -1.18. The summed E-state index contributed by atoms with van der Waals surface area (Å²) < 4.78 is 57.5. The van der Waals surface area contributed by atoms with Gasteiger partial charge in [0.15, 0.2) is 0 Å². The number of carbonyl (C=O) groups excluding carboxylic acids is 2. The van der Waals surface area contributed by atoms with Crippen molar-refractivity contribution in [3.05, 3.63) is 0 Å². The van der Waals surface area contributed by atoms with Crippen molar-refractivity contribution in [3.8, 4) is 0 Å². The molecule has 17 nitrogen and oxygen atoms in total. The Balaban J connectivity index is 1.32. The van der Waals surface area contributed by atoms with Crippen molar-refractivity contribution >= 4 is 76.6 Å². The molecule has 3 aliphatic heterocycles. The normalized spacial score (nSPS) is 31.1. The van der Waals surface area contributed by atoms with Gasteiger partial charge in [-0.1, -0.05) is 28.0 Å². The molecule has 3 saturated heterocycles. The SMILES string of the molecule is [B][C@]1(C)CC(OCSSC(C)(C)CNC(=O)CCCCC2SCC3NC(=O)NC32)[C@@H](COP(=O)(O)OP(=O)(O)OP(=O)(O)O)O1. The lowest BCUT2D eigenvalue weighted by Gasteiger charge is -2.25. The zero-order chi connectivity index (χ0) is 33.7. The Hall–Kier alpha value is 0.185. The molecule has 3 rings (SSSR count). The van der Waals surface area contributed by atoms with Gasteiger partial charge in [0.1, 0.15) is 19.9 Å². The van der Waals surface area contributed by atoms with E-state index in [4.69, 9.17) is 27.1 Å². The number of nitrogens with one attached hydrogen (secondary N) is 3. The number of fused-ring (bicyclic) bond motifs is 1. The predicted molar refractivity (Wildman–Crippen MR) is 169 cm³/mol. The molecule has 45 heavy (non-hydrogen) atoms. The van der Waals surface area contributed by atoms with Crippen molar-refractivity contribution in [1.82, 2.24) is 16.0 Å². The number of thioether (sulfide) groups is 1. The van der Waals surface area contributed by atoms with Crippen LogP contribution in [0.2, 0.25) is 0 Å². The lowest BCUT2D eigenvalue weighted by molar-refractivity contribution is -0.121. The summed E-state index contributed by atoms with van der Waals surface area (Å²) in [4.78, 5) is 60.2. The topological polar surface area (TPSA) is 249 Å². The van der Waals surface area contributed by atoms with Crippen LogP contribution in [-0.2, 0) is 41.1 Å². The van der Waals surface area contributed by atoms with E-state index in [-0.39, 0.29) is 41.1 Å². The molecule has 0 spiro atoms. The molecule has 0 aromatic heterocycles. The third-order valence-electron chi connectivity index (χ3n) is 6.67. The van der Waals surface area contributed by atoms with Gasteiger partial charge in [-0.2, -0.15) is 20.4 Å². The Kier molecular flexibility index (Phi) is 14.3. The minimum absolute atomic E-state index is 0.0399. The summed E-state index contributed by atoms with van der Waals surface area (Å²) >= 11 is 1.85. The third kappa shape index (κ3) is 14.3. The van der Waals surface area contributed by atoms with Crippen LogP contribution in [0.15, 0.2) is 0 Å². The highest BCUT2D eigenvalue weighted by Gasteiger charge is 2.45. The van der Waals surface area contributed by atoms with Crippen LogP contribution in [0.5, 0.6) is 0 Å². The zero-order valence-electron chi connectivity index (χ0n) is 24.8. The van der Waals surface area contributed by atoms with E-state index >= 15 is 0 Å². The average Bonchev–Trinajstić information content (AvgIpc) is 3.51. The molecule has 24 heteroatoms. The summed E-state index contributed by atoms with van der Waals surface area (Å²) in [6.07, 6.45) is 1.47. The maximum absolute atomic E-state index is 12.4. The lowest BCUT2D eigenvalue weighted by atomic mass is 9.81. The second-order valence-electron chi connectivity index (χ2n) is 11.5. The molecule has 0 aliphatic carbocycles. The Labute approximate surface area is 274 Å².